The maximum Gasteiger partial charge on any atom is 0.503 e. The number of carbonyl (C=O) groups is 2. The predicted octanol–water partition coefficient (Wildman–Crippen LogP) is 6.09. The highest BCUT2D eigenvalue weighted by Crippen LogP contribution is 2.31. The number of hydrogen-bond acceptors (Lipinski definition) is 6. The van der Waals surface area contributed by atoms with Crippen molar-refractivity contribution in [2.24, 2.45) is 0 Å². The molecule has 0 radical (unpaired) electrons. The van der Waals surface area contributed by atoms with Crippen LogP contribution in [0.15, 0.2) is 79.6 Å². The van der Waals surface area contributed by atoms with E-state index in [9.17, 15) is 9.18 Å². The van der Waals surface area contributed by atoms with Gasteiger partial charge in [-0.1, -0.05) is 30.3 Å². The number of carboxylic acid groups (broad SMARTS) is 2. The Morgan fingerprint density at radius 2 is 1.81 bits per heavy atom. The lowest BCUT2D eigenvalue weighted by atomic mass is 10.2. The fourth-order valence-electron chi connectivity index (χ4n) is 3.05. The Morgan fingerprint density at radius 1 is 1.06 bits per heavy atom. The zero-order valence-electron chi connectivity index (χ0n) is 18.6. The molecule has 0 saturated heterocycles. The Bertz CT molecular complexity index is 1410. The van der Waals surface area contributed by atoms with Crippen molar-refractivity contribution < 1.29 is 28.9 Å². The van der Waals surface area contributed by atoms with Crippen LogP contribution in [0.25, 0.3) is 10.9 Å². The molecule has 0 aliphatic rings. The minimum Gasteiger partial charge on any atom is -0.487 e. The third kappa shape index (κ3) is 7.40. The second-order valence-corrected chi connectivity index (χ2v) is 7.53. The molecular weight excluding hydrogens is 491 g/mol. The number of halogens is 2. The zero-order chi connectivity index (χ0) is 26.1. The molecule has 36 heavy (non-hydrogen) atoms. The topological polar surface area (TPSA) is 134 Å². The molecular formula is C25H20ClFN4O5. The van der Waals surface area contributed by atoms with E-state index in [-0.39, 0.29) is 18.3 Å². The van der Waals surface area contributed by atoms with Crippen LogP contribution in [-0.2, 0) is 11.4 Å². The number of amides is 1. The van der Waals surface area contributed by atoms with Gasteiger partial charge in [0, 0.05) is 16.8 Å². The number of anilines is 3. The Labute approximate surface area is 209 Å². The number of rotatable bonds is 7. The molecule has 4 aromatic rings. The fourth-order valence-corrected chi connectivity index (χ4v) is 3.28. The number of nitrogens with one attached hydrogen (secondary N) is 2. The van der Waals surface area contributed by atoms with Gasteiger partial charge in [0.25, 0.3) is 0 Å². The normalized spacial score (nSPS) is 10.1. The highest BCUT2D eigenvalue weighted by Gasteiger charge is 2.09. The molecule has 0 spiro atoms. The summed E-state index contributed by atoms with van der Waals surface area (Å²) in [5.74, 6) is 0.398. The van der Waals surface area contributed by atoms with Gasteiger partial charge in [0.05, 0.1) is 10.5 Å². The first-order chi connectivity index (χ1) is 17.2. The van der Waals surface area contributed by atoms with Gasteiger partial charge in [-0.25, -0.2) is 19.2 Å². The van der Waals surface area contributed by atoms with Crippen molar-refractivity contribution >= 4 is 51.8 Å². The van der Waals surface area contributed by atoms with Crippen molar-refractivity contribution in [3.63, 3.8) is 0 Å². The maximum atomic E-state index is 13.3. The molecule has 0 bridgehead atoms. The van der Waals surface area contributed by atoms with Gasteiger partial charge >= 0.3 is 6.16 Å². The number of ether oxygens (including phenoxy) is 1. The van der Waals surface area contributed by atoms with Crippen molar-refractivity contribution in [3.05, 3.63) is 96.0 Å². The van der Waals surface area contributed by atoms with Gasteiger partial charge in [0.15, 0.2) is 0 Å². The first kappa shape index (κ1) is 25.9. The first-order valence-corrected chi connectivity index (χ1v) is 10.7. The zero-order valence-corrected chi connectivity index (χ0v) is 19.4. The van der Waals surface area contributed by atoms with Crippen LogP contribution in [0.4, 0.5) is 26.4 Å². The summed E-state index contributed by atoms with van der Waals surface area (Å²) in [6.07, 6.45) is 0.815. The van der Waals surface area contributed by atoms with E-state index >= 15 is 0 Å². The number of aromatic nitrogens is 2. The SMILES string of the molecule is C=CC(=O)Nc1ccc2ncnc(Nc3ccc(OCc4cccc(F)c4)c(Cl)c3)c2c1.O=C(O)O. The van der Waals surface area contributed by atoms with Gasteiger partial charge < -0.3 is 25.6 Å². The monoisotopic (exact) mass is 510 g/mol. The van der Waals surface area contributed by atoms with Gasteiger partial charge in [0.2, 0.25) is 5.91 Å². The summed E-state index contributed by atoms with van der Waals surface area (Å²) in [6, 6.07) is 16.7. The third-order valence-electron chi connectivity index (χ3n) is 4.57. The van der Waals surface area contributed by atoms with Crippen LogP contribution in [0.1, 0.15) is 5.56 Å². The summed E-state index contributed by atoms with van der Waals surface area (Å²) in [4.78, 5) is 28.7. The van der Waals surface area contributed by atoms with E-state index in [1.54, 1.807) is 48.5 Å². The summed E-state index contributed by atoms with van der Waals surface area (Å²) in [5, 5.41) is 21.0. The van der Waals surface area contributed by atoms with Crippen LogP contribution in [0.5, 0.6) is 5.75 Å². The summed E-state index contributed by atoms with van der Waals surface area (Å²) < 4.78 is 19.0. The molecule has 1 heterocycles. The third-order valence-corrected chi connectivity index (χ3v) is 4.86. The van der Waals surface area contributed by atoms with E-state index in [1.807, 2.05) is 0 Å². The van der Waals surface area contributed by atoms with E-state index < -0.39 is 6.16 Å². The van der Waals surface area contributed by atoms with E-state index in [2.05, 4.69) is 27.2 Å². The number of fused-ring (bicyclic) bond motifs is 1. The number of carbonyl (C=O) groups excluding carboxylic acids is 1. The number of nitrogens with zero attached hydrogens (tertiary/aromatic N) is 2. The van der Waals surface area contributed by atoms with Gasteiger partial charge in [-0.05, 0) is 60.2 Å². The molecule has 0 aliphatic heterocycles. The van der Waals surface area contributed by atoms with Gasteiger partial charge in [-0.3, -0.25) is 4.79 Å². The smallest absolute Gasteiger partial charge is 0.487 e. The highest BCUT2D eigenvalue weighted by atomic mass is 35.5. The Kier molecular flexibility index (Phi) is 8.73. The lowest BCUT2D eigenvalue weighted by Gasteiger charge is -2.12. The average Bonchev–Trinajstić information content (AvgIpc) is 2.83. The van der Waals surface area contributed by atoms with Crippen LogP contribution >= 0.6 is 11.6 Å². The molecule has 0 atom stereocenters. The quantitative estimate of drug-likeness (QED) is 0.219. The highest BCUT2D eigenvalue weighted by molar-refractivity contribution is 6.32. The van der Waals surface area contributed by atoms with Gasteiger partial charge in [-0.2, -0.15) is 0 Å². The summed E-state index contributed by atoms with van der Waals surface area (Å²) in [5.41, 5.74) is 2.70. The summed E-state index contributed by atoms with van der Waals surface area (Å²) >= 11 is 6.38. The number of hydrogen-bond donors (Lipinski definition) is 4. The summed E-state index contributed by atoms with van der Waals surface area (Å²) in [6.45, 7) is 3.65. The molecule has 9 nitrogen and oxygen atoms in total. The van der Waals surface area contributed by atoms with E-state index in [0.717, 1.165) is 5.39 Å². The molecule has 4 N–H and O–H groups in total. The minimum absolute atomic E-state index is 0.194. The Balaban J connectivity index is 0.000000840. The molecule has 1 amide bonds. The summed E-state index contributed by atoms with van der Waals surface area (Å²) in [7, 11) is 0. The maximum absolute atomic E-state index is 13.3. The molecule has 3 aromatic carbocycles. The van der Waals surface area contributed by atoms with Crippen LogP contribution in [-0.4, -0.2) is 32.2 Å². The van der Waals surface area contributed by atoms with E-state index in [0.29, 0.717) is 39.0 Å². The molecule has 4 rings (SSSR count). The van der Waals surface area contributed by atoms with Crippen LogP contribution in [0, 0.1) is 5.82 Å². The van der Waals surface area contributed by atoms with Crippen molar-refractivity contribution in [2.75, 3.05) is 10.6 Å². The molecule has 0 fully saturated rings. The van der Waals surface area contributed by atoms with Crippen LogP contribution in [0.2, 0.25) is 5.02 Å². The standard InChI is InChI=1S/C24H18ClFN4O2.CH2O3/c1-2-23(31)29-17-6-8-21-19(11-17)24(28-14-27-21)30-18-7-9-22(20(25)12-18)32-13-15-4-3-5-16(26)10-15;2-1(3)4/h2-12,14H,1,13H2,(H,29,31)(H,27,28,30);(H2,2,3,4). The Hall–Kier alpha value is -4.70. The average molecular weight is 511 g/mol. The fraction of sp³-hybridized carbons (Fsp3) is 0.0400. The van der Waals surface area contributed by atoms with Crippen molar-refractivity contribution in [1.29, 1.82) is 0 Å². The minimum atomic E-state index is -1.83. The molecule has 11 heteroatoms. The van der Waals surface area contributed by atoms with Crippen molar-refractivity contribution in [3.8, 4) is 5.75 Å². The molecule has 0 saturated carbocycles. The lowest BCUT2D eigenvalue weighted by molar-refractivity contribution is -0.111. The molecule has 1 aromatic heterocycles. The molecule has 0 unspecified atom stereocenters. The van der Waals surface area contributed by atoms with Crippen LogP contribution < -0.4 is 15.4 Å². The second kappa shape index (κ2) is 12.1. The second-order valence-electron chi connectivity index (χ2n) is 7.12. The Morgan fingerprint density at radius 3 is 2.50 bits per heavy atom. The lowest BCUT2D eigenvalue weighted by Crippen LogP contribution is -2.07. The largest absolute Gasteiger partial charge is 0.503 e. The number of benzene rings is 3. The van der Waals surface area contributed by atoms with Gasteiger partial charge in [0.1, 0.15) is 30.3 Å². The molecule has 184 valence electrons. The van der Waals surface area contributed by atoms with Crippen LogP contribution in [0.3, 0.4) is 0 Å². The van der Waals surface area contributed by atoms with Crippen molar-refractivity contribution in [2.45, 2.75) is 6.61 Å². The van der Waals surface area contributed by atoms with E-state index in [1.165, 1.54) is 24.5 Å². The predicted molar refractivity (Wildman–Crippen MR) is 134 cm³/mol. The molecule has 0 aliphatic carbocycles. The van der Waals surface area contributed by atoms with Crippen molar-refractivity contribution in [1.82, 2.24) is 9.97 Å². The first-order valence-electron chi connectivity index (χ1n) is 10.3. The van der Waals surface area contributed by atoms with Gasteiger partial charge in [-0.15, -0.1) is 0 Å². The van der Waals surface area contributed by atoms with E-state index in [4.69, 9.17) is 31.3 Å².